The Hall–Kier alpha value is -3.78. The summed E-state index contributed by atoms with van der Waals surface area (Å²) in [7, 11) is 1.78. The molecule has 0 spiro atoms. The van der Waals surface area contributed by atoms with Crippen molar-refractivity contribution in [1.29, 1.82) is 0 Å². The van der Waals surface area contributed by atoms with E-state index < -0.39 is 0 Å². The number of pyridine rings is 1. The Morgan fingerprint density at radius 1 is 1.11 bits per heavy atom. The number of nitrogens with two attached hydrogens (primary N) is 1. The zero-order chi connectivity index (χ0) is 25.1. The maximum Gasteiger partial charge on any atom is 0.256 e. The Balaban J connectivity index is 1.41. The molecule has 36 heavy (non-hydrogen) atoms. The molecule has 0 bridgehead atoms. The number of rotatable bonds is 7. The molecule has 3 N–H and O–H groups in total. The number of imidazole rings is 1. The number of hydrogen-bond donors (Lipinski definition) is 2. The van der Waals surface area contributed by atoms with E-state index in [1.807, 2.05) is 42.6 Å². The van der Waals surface area contributed by atoms with Crippen LogP contribution in [0.1, 0.15) is 66.7 Å². The first-order valence-electron chi connectivity index (χ1n) is 12.6. The van der Waals surface area contributed by atoms with Crippen LogP contribution in [0.15, 0.2) is 55.0 Å². The summed E-state index contributed by atoms with van der Waals surface area (Å²) in [6.07, 6.45) is 11.8. The summed E-state index contributed by atoms with van der Waals surface area (Å²) in [5.74, 6) is 2.14. The van der Waals surface area contributed by atoms with Crippen molar-refractivity contribution in [3.8, 4) is 11.3 Å². The summed E-state index contributed by atoms with van der Waals surface area (Å²) in [6.45, 7) is 2.13. The smallest absolute Gasteiger partial charge is 0.256 e. The number of nitrogens with zero attached hydrogens (tertiary/aromatic N) is 4. The van der Waals surface area contributed by atoms with Gasteiger partial charge in [0.1, 0.15) is 28.7 Å². The van der Waals surface area contributed by atoms with E-state index >= 15 is 0 Å². The summed E-state index contributed by atoms with van der Waals surface area (Å²) in [5, 5.41) is 2.90. The highest BCUT2D eigenvalue weighted by molar-refractivity contribution is 6.04. The van der Waals surface area contributed by atoms with Gasteiger partial charge in [0.05, 0.1) is 6.10 Å². The summed E-state index contributed by atoms with van der Waals surface area (Å²) in [5.41, 5.74) is 10.5. The normalized spacial score (nSPS) is 17.8. The van der Waals surface area contributed by atoms with Crippen LogP contribution >= 0.6 is 0 Å². The van der Waals surface area contributed by atoms with Crippen molar-refractivity contribution >= 4 is 23.1 Å². The van der Waals surface area contributed by atoms with Crippen molar-refractivity contribution in [3.05, 3.63) is 71.9 Å². The molecule has 4 aromatic rings. The number of carbonyl (C=O) groups is 1. The van der Waals surface area contributed by atoms with E-state index in [1.165, 1.54) is 0 Å². The van der Waals surface area contributed by atoms with Crippen molar-refractivity contribution < 1.29 is 9.53 Å². The van der Waals surface area contributed by atoms with Crippen molar-refractivity contribution in [3.63, 3.8) is 0 Å². The molecule has 1 fully saturated rings. The van der Waals surface area contributed by atoms with Crippen molar-refractivity contribution in [2.75, 3.05) is 18.2 Å². The number of fused-ring (bicyclic) bond motifs is 1. The minimum atomic E-state index is -0.200. The van der Waals surface area contributed by atoms with Crippen LogP contribution in [-0.2, 0) is 11.2 Å². The monoisotopic (exact) mass is 484 g/mol. The van der Waals surface area contributed by atoms with E-state index in [0.717, 1.165) is 66.7 Å². The van der Waals surface area contributed by atoms with Crippen LogP contribution in [0.3, 0.4) is 0 Å². The molecule has 186 valence electrons. The fourth-order valence-electron chi connectivity index (χ4n) is 5.09. The van der Waals surface area contributed by atoms with E-state index in [-0.39, 0.29) is 5.91 Å². The van der Waals surface area contributed by atoms with Crippen molar-refractivity contribution in [2.24, 2.45) is 0 Å². The lowest BCUT2D eigenvalue weighted by Gasteiger charge is -2.26. The zero-order valence-electron chi connectivity index (χ0n) is 20.8. The first-order valence-corrected chi connectivity index (χ1v) is 12.6. The van der Waals surface area contributed by atoms with Gasteiger partial charge in [-0.1, -0.05) is 25.5 Å². The molecule has 1 saturated carbocycles. The van der Waals surface area contributed by atoms with Gasteiger partial charge in [-0.25, -0.2) is 15.0 Å². The van der Waals surface area contributed by atoms with Gasteiger partial charge in [-0.3, -0.25) is 9.20 Å². The Bertz CT molecular complexity index is 1360. The number of nitrogens with one attached hydrogen (secondary N) is 1. The van der Waals surface area contributed by atoms with Gasteiger partial charge in [0, 0.05) is 42.7 Å². The van der Waals surface area contributed by atoms with Gasteiger partial charge < -0.3 is 15.8 Å². The van der Waals surface area contributed by atoms with Crippen LogP contribution in [0.4, 0.5) is 11.6 Å². The van der Waals surface area contributed by atoms with Crippen LogP contribution < -0.4 is 11.1 Å². The Kier molecular flexibility index (Phi) is 6.95. The quantitative estimate of drug-likeness (QED) is 0.371. The minimum Gasteiger partial charge on any atom is -0.382 e. The van der Waals surface area contributed by atoms with Crippen molar-refractivity contribution in [2.45, 2.75) is 57.5 Å². The second-order valence-corrected chi connectivity index (χ2v) is 9.39. The fraction of sp³-hybridized carbons (Fsp3) is 0.357. The Labute approximate surface area is 210 Å². The standard InChI is InChI=1S/C28H32N6O2/c1-3-4-18-13-14-30-23(17-18)32-28(35)21-7-5-19(6-8-21)24-25-26(29)31-15-16-34(25)27(33-24)20-9-11-22(36-2)12-10-20/h5-8,13-17,20,22H,3-4,9-12H2,1-2H3,(H2,29,31)(H,30,32,35)/t20-,22+. The molecule has 5 rings (SSSR count). The van der Waals surface area contributed by atoms with Gasteiger partial charge >= 0.3 is 0 Å². The second kappa shape index (κ2) is 10.5. The summed E-state index contributed by atoms with van der Waals surface area (Å²) < 4.78 is 7.62. The molecule has 0 saturated heterocycles. The number of aryl methyl sites for hydroxylation is 1. The molecule has 1 aliphatic rings. The molecule has 8 nitrogen and oxygen atoms in total. The molecule has 0 radical (unpaired) electrons. The van der Waals surface area contributed by atoms with Crippen molar-refractivity contribution in [1.82, 2.24) is 19.4 Å². The predicted octanol–water partition coefficient (Wildman–Crippen LogP) is 5.25. The number of methoxy groups -OCH3 is 1. The molecule has 1 aromatic carbocycles. The zero-order valence-corrected chi connectivity index (χ0v) is 20.8. The highest BCUT2D eigenvalue weighted by atomic mass is 16.5. The third-order valence-corrected chi connectivity index (χ3v) is 7.01. The number of hydrogen-bond acceptors (Lipinski definition) is 6. The predicted molar refractivity (Wildman–Crippen MR) is 141 cm³/mol. The molecule has 1 aliphatic carbocycles. The van der Waals surface area contributed by atoms with Gasteiger partial charge in [0.2, 0.25) is 0 Å². The van der Waals surface area contributed by atoms with E-state index in [2.05, 4.69) is 26.6 Å². The Morgan fingerprint density at radius 2 is 1.89 bits per heavy atom. The lowest BCUT2D eigenvalue weighted by molar-refractivity contribution is 0.0650. The average Bonchev–Trinajstić information content (AvgIpc) is 3.30. The van der Waals surface area contributed by atoms with Gasteiger partial charge in [-0.15, -0.1) is 0 Å². The van der Waals surface area contributed by atoms with Gasteiger partial charge in [0.25, 0.3) is 5.91 Å². The average molecular weight is 485 g/mol. The van der Waals surface area contributed by atoms with Crippen LogP contribution in [0.5, 0.6) is 0 Å². The van der Waals surface area contributed by atoms with Crippen LogP contribution in [0, 0.1) is 0 Å². The van der Waals surface area contributed by atoms with E-state index in [1.54, 1.807) is 19.5 Å². The van der Waals surface area contributed by atoms with E-state index in [4.69, 9.17) is 15.5 Å². The maximum atomic E-state index is 12.8. The second-order valence-electron chi connectivity index (χ2n) is 9.39. The molecule has 1 amide bonds. The molecule has 0 aliphatic heterocycles. The van der Waals surface area contributed by atoms with Crippen LogP contribution in [0.25, 0.3) is 16.8 Å². The highest BCUT2D eigenvalue weighted by Crippen LogP contribution is 2.37. The molecular formula is C28H32N6O2. The number of nitrogen functional groups attached to an aromatic ring is 1. The summed E-state index contributed by atoms with van der Waals surface area (Å²) >= 11 is 0. The van der Waals surface area contributed by atoms with Gasteiger partial charge in [-0.05, 0) is 61.9 Å². The molecule has 3 heterocycles. The topological polar surface area (TPSA) is 107 Å². The van der Waals surface area contributed by atoms with E-state index in [9.17, 15) is 4.79 Å². The summed E-state index contributed by atoms with van der Waals surface area (Å²) in [4.78, 5) is 26.5. The SMILES string of the molecule is CCCc1ccnc(NC(=O)c2ccc(-c3nc([C@H]4CC[C@@H](OC)CC4)n4ccnc(N)c34)cc2)c1. The minimum absolute atomic E-state index is 0.200. The maximum absolute atomic E-state index is 12.8. The van der Waals surface area contributed by atoms with Gasteiger partial charge in [0.15, 0.2) is 0 Å². The number of amides is 1. The largest absolute Gasteiger partial charge is 0.382 e. The third kappa shape index (κ3) is 4.81. The fourth-order valence-corrected chi connectivity index (χ4v) is 5.09. The number of aromatic nitrogens is 4. The van der Waals surface area contributed by atoms with Gasteiger partial charge in [-0.2, -0.15) is 0 Å². The van der Waals surface area contributed by atoms with E-state index in [0.29, 0.717) is 29.2 Å². The first-order chi connectivity index (χ1) is 17.6. The third-order valence-electron chi connectivity index (χ3n) is 7.01. The van der Waals surface area contributed by atoms with Crippen LogP contribution in [0.2, 0.25) is 0 Å². The molecule has 0 atom stereocenters. The highest BCUT2D eigenvalue weighted by Gasteiger charge is 2.27. The lowest BCUT2D eigenvalue weighted by atomic mass is 9.87. The Morgan fingerprint density at radius 3 is 2.61 bits per heavy atom. The number of benzene rings is 1. The molecule has 0 unspecified atom stereocenters. The molecule has 8 heteroatoms. The first kappa shape index (κ1) is 23.9. The number of ether oxygens (including phenoxy) is 1. The molecule has 3 aromatic heterocycles. The van der Waals surface area contributed by atoms with Crippen LogP contribution in [-0.4, -0.2) is 38.5 Å². The molecular weight excluding hydrogens is 452 g/mol. The number of anilines is 2. The summed E-state index contributed by atoms with van der Waals surface area (Å²) in [6, 6.07) is 11.3. The lowest BCUT2D eigenvalue weighted by Crippen LogP contribution is -2.20. The number of carbonyl (C=O) groups excluding carboxylic acids is 1.